The number of carbonyl (C=O) groups excluding carboxylic acids is 1. The second kappa shape index (κ2) is 9.10. The minimum atomic E-state index is -0.170. The number of piperidine rings is 1. The molecule has 1 aliphatic rings. The lowest BCUT2D eigenvalue weighted by Crippen LogP contribution is -2.33. The molecule has 0 radical (unpaired) electrons. The van der Waals surface area contributed by atoms with E-state index in [0.29, 0.717) is 18.0 Å². The molecule has 5 heterocycles. The number of aryl methyl sites for hydroxylation is 2. The van der Waals surface area contributed by atoms with E-state index < -0.39 is 0 Å². The molecule has 0 aliphatic carbocycles. The van der Waals surface area contributed by atoms with Crippen molar-refractivity contribution in [2.24, 2.45) is 13.0 Å². The van der Waals surface area contributed by atoms with Gasteiger partial charge in [-0.25, -0.2) is 4.98 Å². The van der Waals surface area contributed by atoms with E-state index in [9.17, 15) is 9.59 Å². The summed E-state index contributed by atoms with van der Waals surface area (Å²) >= 11 is 1.72. The highest BCUT2D eigenvalue weighted by molar-refractivity contribution is 7.15. The Hall–Kier alpha value is -3.39. The number of fused-ring (bicyclic) bond motifs is 1. The Labute approximate surface area is 202 Å². The second-order valence-corrected chi connectivity index (χ2v) is 10.5. The van der Waals surface area contributed by atoms with Crippen molar-refractivity contribution in [3.8, 4) is 10.6 Å². The largest absolute Gasteiger partial charge is 0.368 e. The summed E-state index contributed by atoms with van der Waals surface area (Å²) in [5.74, 6) is 0.540. The molecular weight excluding hydrogens is 446 g/mol. The highest BCUT2D eigenvalue weighted by atomic mass is 32.1. The quantitative estimate of drug-likeness (QED) is 0.469. The van der Waals surface area contributed by atoms with Crippen molar-refractivity contribution in [1.82, 2.24) is 19.3 Å². The molecule has 1 fully saturated rings. The number of aromatic nitrogens is 3. The highest BCUT2D eigenvalue weighted by Crippen LogP contribution is 2.33. The molecule has 0 spiro atoms. The van der Waals surface area contributed by atoms with Gasteiger partial charge in [0.1, 0.15) is 0 Å². The topological polar surface area (TPSA) is 71.6 Å². The van der Waals surface area contributed by atoms with E-state index in [2.05, 4.69) is 36.2 Å². The molecule has 4 aromatic heterocycles. The number of hydrogen-bond acceptors (Lipinski definition) is 5. The second-order valence-electron chi connectivity index (χ2n) is 9.20. The van der Waals surface area contributed by atoms with Gasteiger partial charge in [0.2, 0.25) is 0 Å². The Balaban J connectivity index is 1.51. The van der Waals surface area contributed by atoms with Crippen LogP contribution in [0.5, 0.6) is 0 Å². The van der Waals surface area contributed by atoms with Gasteiger partial charge in [0.15, 0.2) is 5.65 Å². The Morgan fingerprint density at radius 1 is 1.21 bits per heavy atom. The predicted octanol–water partition coefficient (Wildman–Crippen LogP) is 4.24. The third-order valence-corrected chi connectivity index (χ3v) is 7.61. The Morgan fingerprint density at radius 2 is 2.00 bits per heavy atom. The molecule has 4 aromatic rings. The van der Waals surface area contributed by atoms with Crippen LogP contribution in [0, 0.1) is 12.8 Å². The van der Waals surface area contributed by atoms with Crippen LogP contribution in [0.3, 0.4) is 0 Å². The molecule has 0 atom stereocenters. The van der Waals surface area contributed by atoms with Gasteiger partial charge in [-0.05, 0) is 55.5 Å². The molecule has 0 bridgehead atoms. The minimum Gasteiger partial charge on any atom is -0.368 e. The molecule has 1 N–H and O–H groups in total. The van der Waals surface area contributed by atoms with Crippen LogP contribution in [-0.4, -0.2) is 32.9 Å². The fourth-order valence-corrected chi connectivity index (χ4v) is 5.29. The van der Waals surface area contributed by atoms with E-state index in [1.807, 2.05) is 28.9 Å². The Morgan fingerprint density at radius 3 is 2.71 bits per heavy atom. The zero-order valence-electron chi connectivity index (χ0n) is 19.7. The summed E-state index contributed by atoms with van der Waals surface area (Å²) in [5.41, 5.74) is 4.12. The van der Waals surface area contributed by atoms with Gasteiger partial charge >= 0.3 is 0 Å². The first kappa shape index (κ1) is 22.4. The number of anilines is 1. The average Bonchev–Trinajstić information content (AvgIpc) is 3.45. The number of hydrogen-bond donors (Lipinski definition) is 1. The van der Waals surface area contributed by atoms with Crippen molar-refractivity contribution in [3.63, 3.8) is 0 Å². The lowest BCUT2D eigenvalue weighted by molar-refractivity contribution is 0.0950. The van der Waals surface area contributed by atoms with Gasteiger partial charge < -0.3 is 14.8 Å². The standard InChI is InChI=1S/C26H29N5O2S/c1-17-6-10-30(11-7-17)21-13-20(26(33)28-14-19-8-9-29(3)24(32)12-19)16-31-22(15-27-25(21)31)23-5-4-18(2)34-23/h4-5,8-9,12-13,15-17H,6-7,10-11,14H2,1-3H3,(H,28,33). The van der Waals surface area contributed by atoms with Gasteiger partial charge in [0, 0.05) is 50.0 Å². The number of pyridine rings is 2. The lowest BCUT2D eigenvalue weighted by atomic mass is 9.99. The summed E-state index contributed by atoms with van der Waals surface area (Å²) in [6, 6.07) is 9.57. The Bertz CT molecular complexity index is 1410. The first-order valence-electron chi connectivity index (χ1n) is 11.7. The zero-order valence-corrected chi connectivity index (χ0v) is 20.6. The predicted molar refractivity (Wildman–Crippen MR) is 137 cm³/mol. The van der Waals surface area contributed by atoms with E-state index in [1.165, 1.54) is 9.44 Å². The van der Waals surface area contributed by atoms with Crippen LogP contribution in [0.4, 0.5) is 5.69 Å². The maximum Gasteiger partial charge on any atom is 0.253 e. The van der Waals surface area contributed by atoms with E-state index in [4.69, 9.17) is 4.98 Å². The minimum absolute atomic E-state index is 0.0934. The summed E-state index contributed by atoms with van der Waals surface area (Å²) in [4.78, 5) is 34.6. The van der Waals surface area contributed by atoms with Gasteiger partial charge in [-0.3, -0.25) is 14.0 Å². The number of nitrogens with one attached hydrogen (secondary N) is 1. The van der Waals surface area contributed by atoms with Crippen LogP contribution in [-0.2, 0) is 13.6 Å². The number of nitrogens with zero attached hydrogens (tertiary/aromatic N) is 4. The van der Waals surface area contributed by atoms with Crippen LogP contribution in [0.2, 0.25) is 0 Å². The SMILES string of the molecule is Cc1ccc(-c2cnc3c(N4CCC(C)CC4)cc(C(=O)NCc4ccn(C)c(=O)c4)cn23)s1. The van der Waals surface area contributed by atoms with Crippen molar-refractivity contribution in [2.75, 3.05) is 18.0 Å². The van der Waals surface area contributed by atoms with E-state index in [0.717, 1.165) is 53.4 Å². The fourth-order valence-electron chi connectivity index (χ4n) is 4.41. The molecule has 0 unspecified atom stereocenters. The molecule has 0 saturated carbocycles. The third-order valence-electron chi connectivity index (χ3n) is 6.59. The van der Waals surface area contributed by atoms with Crippen LogP contribution < -0.4 is 15.8 Å². The molecule has 1 amide bonds. The molecule has 7 nitrogen and oxygen atoms in total. The van der Waals surface area contributed by atoms with E-state index in [1.54, 1.807) is 30.6 Å². The van der Waals surface area contributed by atoms with E-state index in [-0.39, 0.29) is 11.5 Å². The van der Waals surface area contributed by atoms with Crippen LogP contribution in [0.25, 0.3) is 16.2 Å². The first-order valence-corrected chi connectivity index (χ1v) is 12.5. The average molecular weight is 476 g/mol. The summed E-state index contributed by atoms with van der Waals surface area (Å²) in [7, 11) is 1.71. The van der Waals surface area contributed by atoms with Crippen molar-refractivity contribution in [2.45, 2.75) is 33.2 Å². The van der Waals surface area contributed by atoms with Crippen molar-refractivity contribution in [1.29, 1.82) is 0 Å². The van der Waals surface area contributed by atoms with Crippen molar-refractivity contribution < 1.29 is 4.79 Å². The molecule has 0 aromatic carbocycles. The van der Waals surface area contributed by atoms with Gasteiger partial charge in [-0.15, -0.1) is 11.3 Å². The maximum atomic E-state index is 13.2. The molecule has 5 rings (SSSR count). The number of amides is 1. The highest BCUT2D eigenvalue weighted by Gasteiger charge is 2.22. The summed E-state index contributed by atoms with van der Waals surface area (Å²) < 4.78 is 3.56. The number of imidazole rings is 1. The first-order chi connectivity index (χ1) is 16.4. The normalized spacial score (nSPS) is 14.6. The third kappa shape index (κ3) is 4.37. The Kier molecular flexibility index (Phi) is 6.00. The molecule has 8 heteroatoms. The van der Waals surface area contributed by atoms with Gasteiger partial charge in [-0.1, -0.05) is 6.92 Å². The molecule has 34 heavy (non-hydrogen) atoms. The number of carbonyl (C=O) groups is 1. The maximum absolute atomic E-state index is 13.2. The fraction of sp³-hybridized carbons (Fsp3) is 0.346. The number of rotatable bonds is 5. The summed E-state index contributed by atoms with van der Waals surface area (Å²) in [6.07, 6.45) is 7.75. The van der Waals surface area contributed by atoms with Crippen molar-refractivity contribution in [3.05, 3.63) is 75.3 Å². The smallest absolute Gasteiger partial charge is 0.253 e. The molecular formula is C26H29N5O2S. The van der Waals surface area contributed by atoms with Gasteiger partial charge in [0.25, 0.3) is 11.5 Å². The molecule has 1 saturated heterocycles. The summed E-state index contributed by atoms with van der Waals surface area (Å²) in [6.45, 7) is 6.59. The van der Waals surface area contributed by atoms with Crippen LogP contribution in [0.15, 0.2) is 53.7 Å². The molecule has 1 aliphatic heterocycles. The van der Waals surface area contributed by atoms with Gasteiger partial charge in [0.05, 0.1) is 28.0 Å². The van der Waals surface area contributed by atoms with Gasteiger partial charge in [-0.2, -0.15) is 0 Å². The van der Waals surface area contributed by atoms with Crippen LogP contribution in [0.1, 0.15) is 40.6 Å². The monoisotopic (exact) mass is 475 g/mol. The zero-order chi connectivity index (χ0) is 23.8. The van der Waals surface area contributed by atoms with Crippen molar-refractivity contribution >= 4 is 28.6 Å². The van der Waals surface area contributed by atoms with E-state index >= 15 is 0 Å². The number of thiophene rings is 1. The van der Waals surface area contributed by atoms with Crippen LogP contribution >= 0.6 is 11.3 Å². The molecule has 176 valence electrons. The lowest BCUT2D eigenvalue weighted by Gasteiger charge is -2.32. The summed E-state index contributed by atoms with van der Waals surface area (Å²) in [5, 5.41) is 2.98.